The van der Waals surface area contributed by atoms with Gasteiger partial charge in [-0.1, -0.05) is 6.07 Å². The summed E-state index contributed by atoms with van der Waals surface area (Å²) >= 11 is 0. The molecule has 3 rings (SSSR count). The summed E-state index contributed by atoms with van der Waals surface area (Å²) in [6.45, 7) is 0.896. The molecule has 6 heteroatoms. The Morgan fingerprint density at radius 2 is 2.30 bits per heavy atom. The first-order chi connectivity index (χ1) is 9.70. The Hall–Kier alpha value is -1.95. The van der Waals surface area contributed by atoms with Crippen molar-refractivity contribution in [1.29, 1.82) is 0 Å². The number of nitrogens with zero attached hydrogens (tertiary/aromatic N) is 3. The fourth-order valence-corrected chi connectivity index (χ4v) is 1.93. The molecule has 2 aromatic rings. The van der Waals surface area contributed by atoms with Crippen LogP contribution in [0.3, 0.4) is 0 Å². The molecule has 0 spiro atoms. The minimum atomic E-state index is -0.267. The first-order valence-electron chi connectivity index (χ1n) is 6.70. The third-order valence-corrected chi connectivity index (χ3v) is 3.22. The van der Waals surface area contributed by atoms with Crippen LogP contribution in [0.5, 0.6) is 6.01 Å². The number of benzene rings is 1. The van der Waals surface area contributed by atoms with Gasteiger partial charge >= 0.3 is 6.01 Å². The zero-order valence-electron chi connectivity index (χ0n) is 11.3. The van der Waals surface area contributed by atoms with Crippen LogP contribution in [0.2, 0.25) is 0 Å². The topological polar surface area (TPSA) is 52.0 Å². The molecular formula is C14H17FN4O. The third kappa shape index (κ3) is 3.33. The van der Waals surface area contributed by atoms with Crippen molar-refractivity contribution in [2.45, 2.75) is 32.0 Å². The van der Waals surface area contributed by atoms with E-state index in [-0.39, 0.29) is 18.4 Å². The highest BCUT2D eigenvalue weighted by atomic mass is 19.1. The van der Waals surface area contributed by atoms with Gasteiger partial charge in [-0.15, -0.1) is 5.10 Å². The predicted octanol–water partition coefficient (Wildman–Crippen LogP) is 1.79. The Morgan fingerprint density at radius 3 is 3.00 bits per heavy atom. The second kappa shape index (κ2) is 5.58. The van der Waals surface area contributed by atoms with Crippen molar-refractivity contribution < 1.29 is 9.13 Å². The number of rotatable bonds is 6. The zero-order chi connectivity index (χ0) is 13.9. The maximum atomic E-state index is 13.7. The van der Waals surface area contributed by atoms with Crippen LogP contribution >= 0.6 is 0 Å². The molecule has 0 radical (unpaired) electrons. The van der Waals surface area contributed by atoms with Gasteiger partial charge in [-0.2, -0.15) is 4.98 Å². The third-order valence-electron chi connectivity index (χ3n) is 3.22. The summed E-state index contributed by atoms with van der Waals surface area (Å²) in [5.41, 5.74) is 1.58. The molecule has 1 aliphatic carbocycles. The van der Waals surface area contributed by atoms with Gasteiger partial charge in [0.2, 0.25) is 0 Å². The van der Waals surface area contributed by atoms with Crippen molar-refractivity contribution in [3.63, 3.8) is 0 Å². The molecule has 0 bridgehead atoms. The van der Waals surface area contributed by atoms with Gasteiger partial charge in [-0.3, -0.25) is 4.68 Å². The van der Waals surface area contributed by atoms with Crippen molar-refractivity contribution in [2.24, 2.45) is 7.05 Å². The van der Waals surface area contributed by atoms with Crippen LogP contribution in [0.25, 0.3) is 0 Å². The lowest BCUT2D eigenvalue weighted by Crippen LogP contribution is -2.15. The minimum Gasteiger partial charge on any atom is -0.457 e. The number of aryl methyl sites for hydroxylation is 1. The molecule has 0 saturated heterocycles. The van der Waals surface area contributed by atoms with Gasteiger partial charge in [0.05, 0.1) is 0 Å². The second-order valence-electron chi connectivity index (χ2n) is 5.07. The standard InChI is InChI=1S/C14H17FN4O/c1-19-9-17-14(18-19)20-8-11-6-10(2-5-13(11)15)7-16-12-3-4-12/h2,5-6,9,12,16H,3-4,7-8H2,1H3. The molecular weight excluding hydrogens is 259 g/mol. The average Bonchev–Trinajstić information content (AvgIpc) is 3.18. The quantitative estimate of drug-likeness (QED) is 0.874. The number of nitrogens with one attached hydrogen (secondary N) is 1. The van der Waals surface area contributed by atoms with E-state index in [0.29, 0.717) is 11.6 Å². The molecule has 1 aromatic carbocycles. The molecule has 0 unspecified atom stereocenters. The molecule has 20 heavy (non-hydrogen) atoms. The second-order valence-corrected chi connectivity index (χ2v) is 5.07. The lowest BCUT2D eigenvalue weighted by atomic mass is 10.1. The molecule has 1 fully saturated rings. The van der Waals surface area contributed by atoms with E-state index < -0.39 is 0 Å². The summed E-state index contributed by atoms with van der Waals surface area (Å²) in [7, 11) is 1.75. The van der Waals surface area contributed by atoms with Gasteiger partial charge in [-0.25, -0.2) is 4.39 Å². The number of hydrogen-bond acceptors (Lipinski definition) is 4. The Balaban J connectivity index is 1.62. The van der Waals surface area contributed by atoms with E-state index in [4.69, 9.17) is 4.74 Å². The molecule has 1 saturated carbocycles. The van der Waals surface area contributed by atoms with Gasteiger partial charge in [0, 0.05) is 25.2 Å². The summed E-state index contributed by atoms with van der Waals surface area (Å²) < 4.78 is 20.7. The maximum Gasteiger partial charge on any atom is 0.335 e. The normalized spacial score (nSPS) is 14.5. The van der Waals surface area contributed by atoms with Crippen LogP contribution in [0, 0.1) is 5.82 Å². The van der Waals surface area contributed by atoms with Crippen molar-refractivity contribution in [3.8, 4) is 6.01 Å². The van der Waals surface area contributed by atoms with Crippen molar-refractivity contribution in [2.75, 3.05) is 0 Å². The molecule has 0 aliphatic heterocycles. The fraction of sp³-hybridized carbons (Fsp3) is 0.429. The van der Waals surface area contributed by atoms with Crippen LogP contribution in [0.1, 0.15) is 24.0 Å². The number of halogens is 1. The van der Waals surface area contributed by atoms with Crippen LogP contribution in [0.4, 0.5) is 4.39 Å². The monoisotopic (exact) mass is 276 g/mol. The Bertz CT molecular complexity index is 595. The number of ether oxygens (including phenoxy) is 1. The highest BCUT2D eigenvalue weighted by Crippen LogP contribution is 2.20. The SMILES string of the molecule is Cn1cnc(OCc2cc(CNC3CC3)ccc2F)n1. The Kier molecular flexibility index (Phi) is 3.64. The van der Waals surface area contributed by atoms with Gasteiger partial charge < -0.3 is 10.1 Å². The van der Waals surface area contributed by atoms with E-state index in [1.165, 1.54) is 18.9 Å². The lowest BCUT2D eigenvalue weighted by molar-refractivity contribution is 0.274. The first-order valence-corrected chi connectivity index (χ1v) is 6.70. The summed E-state index contributed by atoms with van der Waals surface area (Å²) in [5.74, 6) is -0.267. The molecule has 1 heterocycles. The number of hydrogen-bond donors (Lipinski definition) is 1. The first kappa shape index (κ1) is 13.1. The average molecular weight is 276 g/mol. The largest absolute Gasteiger partial charge is 0.457 e. The van der Waals surface area contributed by atoms with Crippen LogP contribution in [0.15, 0.2) is 24.5 Å². The van der Waals surface area contributed by atoms with Gasteiger partial charge in [0.25, 0.3) is 0 Å². The van der Waals surface area contributed by atoms with Crippen LogP contribution < -0.4 is 10.1 Å². The Labute approximate surface area is 116 Å². The highest BCUT2D eigenvalue weighted by Gasteiger charge is 2.20. The highest BCUT2D eigenvalue weighted by molar-refractivity contribution is 5.25. The molecule has 0 atom stereocenters. The van der Waals surface area contributed by atoms with E-state index in [9.17, 15) is 4.39 Å². The number of aromatic nitrogens is 3. The zero-order valence-corrected chi connectivity index (χ0v) is 11.3. The molecule has 0 amide bonds. The molecule has 1 aromatic heterocycles. The van der Waals surface area contributed by atoms with Crippen LogP contribution in [-0.2, 0) is 20.2 Å². The van der Waals surface area contributed by atoms with E-state index in [1.54, 1.807) is 24.1 Å². The minimum absolute atomic E-state index is 0.132. The van der Waals surface area contributed by atoms with E-state index >= 15 is 0 Å². The predicted molar refractivity (Wildman–Crippen MR) is 71.6 cm³/mol. The molecule has 106 valence electrons. The van der Waals surface area contributed by atoms with E-state index in [2.05, 4.69) is 15.4 Å². The van der Waals surface area contributed by atoms with Crippen LogP contribution in [-0.4, -0.2) is 20.8 Å². The van der Waals surface area contributed by atoms with Crippen molar-refractivity contribution in [1.82, 2.24) is 20.1 Å². The van der Waals surface area contributed by atoms with Gasteiger partial charge in [0.1, 0.15) is 18.8 Å². The molecule has 1 aliphatic rings. The smallest absolute Gasteiger partial charge is 0.335 e. The molecule has 1 N–H and O–H groups in total. The van der Waals surface area contributed by atoms with Crippen molar-refractivity contribution in [3.05, 3.63) is 41.5 Å². The van der Waals surface area contributed by atoms with Crippen molar-refractivity contribution >= 4 is 0 Å². The lowest BCUT2D eigenvalue weighted by Gasteiger charge is -2.08. The summed E-state index contributed by atoms with van der Waals surface area (Å²) in [4.78, 5) is 3.95. The van der Waals surface area contributed by atoms with Gasteiger partial charge in [0.15, 0.2) is 0 Å². The van der Waals surface area contributed by atoms with E-state index in [0.717, 1.165) is 12.1 Å². The summed E-state index contributed by atoms with van der Waals surface area (Å²) in [6, 6.07) is 6.00. The Morgan fingerprint density at radius 1 is 1.45 bits per heavy atom. The van der Waals surface area contributed by atoms with E-state index in [1.807, 2.05) is 6.07 Å². The maximum absolute atomic E-state index is 13.7. The fourth-order valence-electron chi connectivity index (χ4n) is 1.93. The molecule has 5 nitrogen and oxygen atoms in total. The summed E-state index contributed by atoms with van der Waals surface area (Å²) in [5, 5.41) is 7.40. The summed E-state index contributed by atoms with van der Waals surface area (Å²) in [6.07, 6.45) is 4.02. The van der Waals surface area contributed by atoms with Gasteiger partial charge in [-0.05, 0) is 30.5 Å².